The summed E-state index contributed by atoms with van der Waals surface area (Å²) < 4.78 is 6.13. The molecule has 0 amide bonds. The van der Waals surface area contributed by atoms with Gasteiger partial charge in [-0.25, -0.2) is 9.48 Å². The minimum absolute atomic E-state index is 0.0929. The third kappa shape index (κ3) is 3.44. The lowest BCUT2D eigenvalue weighted by Crippen LogP contribution is -2.31. The number of carboxylic acid groups (broad SMARTS) is 1. The van der Waals surface area contributed by atoms with Crippen molar-refractivity contribution in [3.05, 3.63) is 15.8 Å². The number of rotatable bonds is 8. The largest absolute Gasteiger partial charge is 0.480 e. The summed E-state index contributed by atoms with van der Waals surface area (Å²) in [6, 6.07) is -0.978. The minimum Gasteiger partial charge on any atom is -0.480 e. The molecule has 1 atom stereocenters. The van der Waals surface area contributed by atoms with Crippen molar-refractivity contribution in [2.75, 3.05) is 19.0 Å². The summed E-state index contributed by atoms with van der Waals surface area (Å²) in [5.41, 5.74) is 0.134. The van der Waals surface area contributed by atoms with Crippen LogP contribution in [0.4, 0.5) is 11.5 Å². The number of aryl methyl sites for hydroxylation is 2. The van der Waals surface area contributed by atoms with E-state index in [0.29, 0.717) is 12.1 Å². The van der Waals surface area contributed by atoms with Crippen molar-refractivity contribution in [2.45, 2.75) is 25.8 Å². The summed E-state index contributed by atoms with van der Waals surface area (Å²) in [6.45, 7) is 1.98. The molecular formula is C11H18N4O5. The molecule has 1 aromatic rings. The van der Waals surface area contributed by atoms with Gasteiger partial charge in [-0.05, 0) is 6.42 Å². The highest BCUT2D eigenvalue weighted by Gasteiger charge is 2.29. The molecule has 0 aliphatic rings. The van der Waals surface area contributed by atoms with E-state index in [1.54, 1.807) is 6.92 Å². The van der Waals surface area contributed by atoms with E-state index in [-0.39, 0.29) is 24.5 Å². The molecule has 1 aromatic heterocycles. The van der Waals surface area contributed by atoms with Crippen LogP contribution >= 0.6 is 0 Å². The van der Waals surface area contributed by atoms with Gasteiger partial charge in [0.2, 0.25) is 5.82 Å². The standard InChI is InChI=1S/C11H18N4O5/c1-4-7-9(15(18)19)10(14(2)13-7)12-8(11(16)17)5-6-20-3/h8,12H,4-6H2,1-3H3,(H,16,17). The molecule has 0 saturated heterocycles. The zero-order valence-corrected chi connectivity index (χ0v) is 11.6. The van der Waals surface area contributed by atoms with Crippen LogP contribution in [-0.2, 0) is 23.0 Å². The smallest absolute Gasteiger partial charge is 0.334 e. The summed E-state index contributed by atoms with van der Waals surface area (Å²) in [6.07, 6.45) is 0.581. The van der Waals surface area contributed by atoms with Gasteiger partial charge in [-0.15, -0.1) is 0 Å². The van der Waals surface area contributed by atoms with Gasteiger partial charge < -0.3 is 15.2 Å². The maximum Gasteiger partial charge on any atom is 0.334 e. The van der Waals surface area contributed by atoms with Crippen LogP contribution in [0.25, 0.3) is 0 Å². The fraction of sp³-hybridized carbons (Fsp3) is 0.636. The van der Waals surface area contributed by atoms with Gasteiger partial charge in [-0.1, -0.05) is 6.92 Å². The number of nitrogens with zero attached hydrogens (tertiary/aromatic N) is 3. The Bertz CT molecular complexity index is 499. The topological polar surface area (TPSA) is 120 Å². The highest BCUT2D eigenvalue weighted by Crippen LogP contribution is 2.29. The first-order chi connectivity index (χ1) is 9.42. The Morgan fingerprint density at radius 3 is 2.75 bits per heavy atom. The molecular weight excluding hydrogens is 268 g/mol. The van der Waals surface area contributed by atoms with E-state index < -0.39 is 16.9 Å². The maximum absolute atomic E-state index is 11.2. The van der Waals surface area contributed by atoms with Crippen molar-refractivity contribution in [3.8, 4) is 0 Å². The van der Waals surface area contributed by atoms with Crippen LogP contribution in [0, 0.1) is 10.1 Å². The van der Waals surface area contributed by atoms with E-state index in [0.717, 1.165) is 0 Å². The average molecular weight is 286 g/mol. The molecule has 0 fully saturated rings. The number of ether oxygens (including phenoxy) is 1. The second-order valence-corrected chi connectivity index (χ2v) is 4.19. The van der Waals surface area contributed by atoms with Crippen molar-refractivity contribution in [3.63, 3.8) is 0 Å². The molecule has 20 heavy (non-hydrogen) atoms. The quantitative estimate of drug-likeness (QED) is 0.535. The first-order valence-corrected chi connectivity index (χ1v) is 6.10. The number of hydrogen-bond acceptors (Lipinski definition) is 6. The molecule has 112 valence electrons. The number of methoxy groups -OCH3 is 1. The molecule has 0 saturated carbocycles. The fourth-order valence-electron chi connectivity index (χ4n) is 1.82. The predicted molar refractivity (Wildman–Crippen MR) is 70.8 cm³/mol. The predicted octanol–water partition coefficient (Wildman–Crippen LogP) is 0.792. The van der Waals surface area contributed by atoms with E-state index in [1.165, 1.54) is 18.8 Å². The Labute approximate surface area is 115 Å². The number of hydrogen-bond donors (Lipinski definition) is 2. The maximum atomic E-state index is 11.2. The molecule has 0 aliphatic carbocycles. The third-order valence-corrected chi connectivity index (χ3v) is 2.83. The molecule has 0 aromatic carbocycles. The van der Waals surface area contributed by atoms with Gasteiger partial charge in [0.05, 0.1) is 4.92 Å². The molecule has 9 heteroatoms. The van der Waals surface area contributed by atoms with Crippen LogP contribution in [0.5, 0.6) is 0 Å². The number of nitrogens with one attached hydrogen (secondary N) is 1. The van der Waals surface area contributed by atoms with Crippen molar-refractivity contribution in [2.24, 2.45) is 7.05 Å². The van der Waals surface area contributed by atoms with Gasteiger partial charge in [0.1, 0.15) is 11.7 Å². The monoisotopic (exact) mass is 286 g/mol. The Balaban J connectivity index is 3.08. The lowest BCUT2D eigenvalue weighted by molar-refractivity contribution is -0.384. The molecule has 2 N–H and O–H groups in total. The number of aromatic nitrogens is 2. The number of anilines is 1. The number of aliphatic carboxylic acids is 1. The van der Waals surface area contributed by atoms with E-state index >= 15 is 0 Å². The van der Waals surface area contributed by atoms with Crippen LogP contribution in [0.3, 0.4) is 0 Å². The van der Waals surface area contributed by atoms with Crippen molar-refractivity contribution in [1.82, 2.24) is 9.78 Å². The number of carbonyl (C=O) groups is 1. The van der Waals surface area contributed by atoms with Crippen molar-refractivity contribution < 1.29 is 19.6 Å². The van der Waals surface area contributed by atoms with Crippen LogP contribution in [0.15, 0.2) is 0 Å². The summed E-state index contributed by atoms with van der Waals surface area (Å²) in [5, 5.41) is 26.9. The second kappa shape index (κ2) is 6.85. The highest BCUT2D eigenvalue weighted by atomic mass is 16.6. The van der Waals surface area contributed by atoms with Gasteiger partial charge in [0, 0.05) is 27.2 Å². The first-order valence-electron chi connectivity index (χ1n) is 6.10. The molecule has 0 bridgehead atoms. The number of nitro groups is 1. The minimum atomic E-state index is -1.10. The Morgan fingerprint density at radius 2 is 2.30 bits per heavy atom. The molecule has 1 heterocycles. The normalized spacial score (nSPS) is 12.2. The van der Waals surface area contributed by atoms with Crippen LogP contribution in [-0.4, -0.2) is 45.5 Å². The average Bonchev–Trinajstić information content (AvgIpc) is 2.70. The summed E-state index contributed by atoms with van der Waals surface area (Å²) in [4.78, 5) is 21.7. The molecule has 0 radical (unpaired) electrons. The van der Waals surface area contributed by atoms with E-state index in [9.17, 15) is 14.9 Å². The van der Waals surface area contributed by atoms with E-state index in [4.69, 9.17) is 9.84 Å². The zero-order valence-electron chi connectivity index (χ0n) is 11.6. The summed E-state index contributed by atoms with van der Waals surface area (Å²) in [5.74, 6) is -1.01. The zero-order chi connectivity index (χ0) is 15.3. The van der Waals surface area contributed by atoms with Gasteiger partial charge in [0.25, 0.3) is 0 Å². The van der Waals surface area contributed by atoms with Gasteiger partial charge in [-0.3, -0.25) is 10.1 Å². The highest BCUT2D eigenvalue weighted by molar-refractivity contribution is 5.78. The molecule has 9 nitrogen and oxygen atoms in total. The summed E-state index contributed by atoms with van der Waals surface area (Å²) >= 11 is 0. The molecule has 1 rings (SSSR count). The van der Waals surface area contributed by atoms with E-state index in [2.05, 4.69) is 10.4 Å². The Morgan fingerprint density at radius 1 is 1.65 bits per heavy atom. The second-order valence-electron chi connectivity index (χ2n) is 4.19. The Kier molecular flexibility index (Phi) is 5.44. The lowest BCUT2D eigenvalue weighted by Gasteiger charge is -2.14. The first kappa shape index (κ1) is 15.9. The number of carboxylic acids is 1. The van der Waals surface area contributed by atoms with Crippen molar-refractivity contribution >= 4 is 17.5 Å². The fourth-order valence-corrected chi connectivity index (χ4v) is 1.82. The van der Waals surface area contributed by atoms with E-state index in [1.807, 2.05) is 0 Å². The molecule has 1 unspecified atom stereocenters. The molecule has 0 spiro atoms. The van der Waals surface area contributed by atoms with Gasteiger partial charge in [-0.2, -0.15) is 5.10 Å². The van der Waals surface area contributed by atoms with Crippen molar-refractivity contribution in [1.29, 1.82) is 0 Å². The third-order valence-electron chi connectivity index (χ3n) is 2.83. The van der Waals surface area contributed by atoms with Gasteiger partial charge in [0.15, 0.2) is 0 Å². The van der Waals surface area contributed by atoms with Gasteiger partial charge >= 0.3 is 11.7 Å². The summed E-state index contributed by atoms with van der Waals surface area (Å²) in [7, 11) is 2.99. The SMILES string of the molecule is CCc1nn(C)c(NC(CCOC)C(=O)O)c1[N+](=O)[O-]. The lowest BCUT2D eigenvalue weighted by atomic mass is 10.2. The van der Waals surface area contributed by atoms with Crippen LogP contribution in [0.1, 0.15) is 19.0 Å². The van der Waals surface area contributed by atoms with Crippen LogP contribution < -0.4 is 5.32 Å². The Hall–Kier alpha value is -2.16. The molecule has 0 aliphatic heterocycles. The van der Waals surface area contributed by atoms with Crippen LogP contribution in [0.2, 0.25) is 0 Å².